The molecule has 0 radical (unpaired) electrons. The fraction of sp³-hybridized carbons (Fsp3) is 0.238. The Morgan fingerprint density at radius 3 is 2.82 bits per heavy atom. The lowest BCUT2D eigenvalue weighted by Gasteiger charge is -2.09. The number of pyridine rings is 1. The van der Waals surface area contributed by atoms with Gasteiger partial charge in [0.25, 0.3) is 5.91 Å². The van der Waals surface area contributed by atoms with Gasteiger partial charge in [0.2, 0.25) is 5.95 Å². The molecule has 0 bridgehead atoms. The van der Waals surface area contributed by atoms with Gasteiger partial charge in [0.15, 0.2) is 0 Å². The van der Waals surface area contributed by atoms with E-state index in [9.17, 15) is 4.79 Å². The zero-order chi connectivity index (χ0) is 18.9. The minimum Gasteiger partial charge on any atom is -0.338 e. The highest BCUT2D eigenvalue weighted by Gasteiger charge is 2.27. The van der Waals surface area contributed by atoms with Crippen molar-refractivity contribution in [2.24, 2.45) is 0 Å². The molecule has 3 heterocycles. The van der Waals surface area contributed by atoms with E-state index < -0.39 is 0 Å². The van der Waals surface area contributed by atoms with Crippen LogP contribution in [0.15, 0.2) is 54.9 Å². The van der Waals surface area contributed by atoms with Gasteiger partial charge in [-0.05, 0) is 37.1 Å². The van der Waals surface area contributed by atoms with Gasteiger partial charge in [-0.15, -0.1) is 0 Å². The highest BCUT2D eigenvalue weighted by atomic mass is 16.2. The van der Waals surface area contributed by atoms with Crippen LogP contribution in [0.4, 0.5) is 5.95 Å². The molecule has 1 saturated carbocycles. The van der Waals surface area contributed by atoms with Crippen LogP contribution in [0.2, 0.25) is 0 Å². The molecule has 7 nitrogen and oxygen atoms in total. The van der Waals surface area contributed by atoms with E-state index >= 15 is 0 Å². The first kappa shape index (κ1) is 16.7. The summed E-state index contributed by atoms with van der Waals surface area (Å²) in [6, 6.07) is 13.8. The molecule has 1 amide bonds. The van der Waals surface area contributed by atoms with E-state index in [2.05, 4.69) is 25.3 Å². The molecule has 4 aromatic rings. The predicted octanol–water partition coefficient (Wildman–Crippen LogP) is 3.53. The van der Waals surface area contributed by atoms with Gasteiger partial charge in [0.05, 0.1) is 17.2 Å². The molecule has 7 heteroatoms. The van der Waals surface area contributed by atoms with Crippen LogP contribution in [0.1, 0.15) is 40.8 Å². The van der Waals surface area contributed by atoms with E-state index in [4.69, 9.17) is 0 Å². The average molecular weight is 372 g/mol. The quantitative estimate of drug-likeness (QED) is 0.542. The SMILES string of the molecule is O=C(Nc1nc2ccccc2n1CCc1ccccn1)c1cnc(C2CC2)[nH]1. The molecule has 2 N–H and O–H groups in total. The van der Waals surface area contributed by atoms with Crippen molar-refractivity contribution in [2.75, 3.05) is 5.32 Å². The number of imidazole rings is 2. The Kier molecular flexibility index (Phi) is 4.12. The smallest absolute Gasteiger partial charge is 0.276 e. The molecule has 0 unspecified atom stereocenters. The number of rotatable bonds is 6. The molecule has 1 aliphatic rings. The largest absolute Gasteiger partial charge is 0.338 e. The molecular weight excluding hydrogens is 352 g/mol. The van der Waals surface area contributed by atoms with Crippen molar-refractivity contribution >= 4 is 22.9 Å². The summed E-state index contributed by atoms with van der Waals surface area (Å²) in [7, 11) is 0. The number of aromatic nitrogens is 5. The first-order valence-corrected chi connectivity index (χ1v) is 9.49. The first-order valence-electron chi connectivity index (χ1n) is 9.49. The van der Waals surface area contributed by atoms with Crippen molar-refractivity contribution < 1.29 is 4.79 Å². The molecule has 3 aromatic heterocycles. The summed E-state index contributed by atoms with van der Waals surface area (Å²) in [5.41, 5.74) is 3.30. The van der Waals surface area contributed by atoms with Crippen LogP contribution < -0.4 is 5.32 Å². The highest BCUT2D eigenvalue weighted by molar-refractivity contribution is 6.02. The molecule has 0 aliphatic heterocycles. The zero-order valence-electron chi connectivity index (χ0n) is 15.3. The number of fused-ring (bicyclic) bond motifs is 1. The average Bonchev–Trinajstić information content (AvgIpc) is 3.35. The molecular formula is C21H20N6O. The van der Waals surface area contributed by atoms with E-state index in [1.807, 2.05) is 47.0 Å². The maximum atomic E-state index is 12.7. The lowest BCUT2D eigenvalue weighted by Crippen LogP contribution is -2.17. The Labute approximate surface area is 161 Å². The fourth-order valence-electron chi connectivity index (χ4n) is 3.35. The molecule has 0 spiro atoms. The third kappa shape index (κ3) is 3.26. The number of amides is 1. The molecule has 0 atom stereocenters. The van der Waals surface area contributed by atoms with E-state index in [-0.39, 0.29) is 5.91 Å². The van der Waals surface area contributed by atoms with Crippen molar-refractivity contribution in [1.29, 1.82) is 0 Å². The van der Waals surface area contributed by atoms with Gasteiger partial charge in [0.1, 0.15) is 11.5 Å². The monoisotopic (exact) mass is 372 g/mol. The number of aryl methyl sites for hydroxylation is 2. The summed E-state index contributed by atoms with van der Waals surface area (Å²) in [6.07, 6.45) is 6.42. The van der Waals surface area contributed by atoms with E-state index in [1.165, 1.54) is 0 Å². The number of hydrogen-bond donors (Lipinski definition) is 2. The second-order valence-electron chi connectivity index (χ2n) is 7.06. The van der Waals surface area contributed by atoms with Crippen LogP contribution in [0.5, 0.6) is 0 Å². The Morgan fingerprint density at radius 1 is 1.14 bits per heavy atom. The fourth-order valence-corrected chi connectivity index (χ4v) is 3.35. The van der Waals surface area contributed by atoms with E-state index in [0.29, 0.717) is 24.1 Å². The molecule has 5 rings (SSSR count). The number of para-hydroxylation sites is 2. The molecule has 0 saturated heterocycles. The number of hydrogen-bond acceptors (Lipinski definition) is 4. The number of carbonyl (C=O) groups is 1. The Hall–Kier alpha value is -3.48. The van der Waals surface area contributed by atoms with Gasteiger partial charge in [0, 0.05) is 30.8 Å². The Morgan fingerprint density at radius 2 is 2.00 bits per heavy atom. The van der Waals surface area contributed by atoms with Crippen LogP contribution in [0, 0.1) is 0 Å². The molecule has 1 fully saturated rings. The zero-order valence-corrected chi connectivity index (χ0v) is 15.3. The maximum absolute atomic E-state index is 12.7. The van der Waals surface area contributed by atoms with Gasteiger partial charge in [-0.3, -0.25) is 15.1 Å². The maximum Gasteiger partial charge on any atom is 0.276 e. The van der Waals surface area contributed by atoms with Crippen molar-refractivity contribution in [3.63, 3.8) is 0 Å². The molecule has 1 aliphatic carbocycles. The van der Waals surface area contributed by atoms with Crippen molar-refractivity contribution in [3.8, 4) is 0 Å². The summed E-state index contributed by atoms with van der Waals surface area (Å²) in [4.78, 5) is 29.2. The molecule has 140 valence electrons. The summed E-state index contributed by atoms with van der Waals surface area (Å²) in [5, 5.41) is 2.95. The van der Waals surface area contributed by atoms with Crippen LogP contribution in [0.3, 0.4) is 0 Å². The van der Waals surface area contributed by atoms with Crippen LogP contribution in [-0.2, 0) is 13.0 Å². The summed E-state index contributed by atoms with van der Waals surface area (Å²) < 4.78 is 2.03. The standard InChI is InChI=1S/C21H20N6O/c28-20(17-13-23-19(24-17)14-8-9-14)26-21-25-16-6-1-2-7-18(16)27(21)12-10-15-5-3-4-11-22-15/h1-7,11,13-14H,8-10,12H2,(H,23,24)(H,25,26,28). The van der Waals surface area contributed by atoms with E-state index in [0.717, 1.165) is 41.8 Å². The summed E-state index contributed by atoms with van der Waals surface area (Å²) in [6.45, 7) is 0.670. The second kappa shape index (κ2) is 6.92. The number of nitrogens with zero attached hydrogens (tertiary/aromatic N) is 4. The van der Waals surface area contributed by atoms with Crippen LogP contribution in [0.25, 0.3) is 11.0 Å². The molecule has 28 heavy (non-hydrogen) atoms. The first-order chi connectivity index (χ1) is 13.8. The van der Waals surface area contributed by atoms with Crippen molar-refractivity contribution in [1.82, 2.24) is 24.5 Å². The minimum atomic E-state index is -0.228. The van der Waals surface area contributed by atoms with Crippen molar-refractivity contribution in [3.05, 3.63) is 72.1 Å². The van der Waals surface area contributed by atoms with Gasteiger partial charge in [-0.25, -0.2) is 9.97 Å². The number of anilines is 1. The van der Waals surface area contributed by atoms with E-state index in [1.54, 1.807) is 12.4 Å². The topological polar surface area (TPSA) is 88.5 Å². The Balaban J connectivity index is 1.41. The summed E-state index contributed by atoms with van der Waals surface area (Å²) in [5.74, 6) is 1.68. The van der Waals surface area contributed by atoms with Crippen LogP contribution in [-0.4, -0.2) is 30.4 Å². The predicted molar refractivity (Wildman–Crippen MR) is 106 cm³/mol. The second-order valence-corrected chi connectivity index (χ2v) is 7.06. The van der Waals surface area contributed by atoms with Gasteiger partial charge >= 0.3 is 0 Å². The molecule has 1 aromatic carbocycles. The highest BCUT2D eigenvalue weighted by Crippen LogP contribution is 2.38. The van der Waals surface area contributed by atoms with Crippen LogP contribution >= 0.6 is 0 Å². The third-order valence-corrected chi connectivity index (χ3v) is 5.00. The normalized spacial score (nSPS) is 13.7. The number of benzene rings is 1. The van der Waals surface area contributed by atoms with Crippen molar-refractivity contribution in [2.45, 2.75) is 31.7 Å². The Bertz CT molecular complexity index is 1130. The minimum absolute atomic E-state index is 0.228. The number of carbonyl (C=O) groups excluding carboxylic acids is 1. The lowest BCUT2D eigenvalue weighted by atomic mass is 10.2. The third-order valence-electron chi connectivity index (χ3n) is 5.00. The number of H-pyrrole nitrogens is 1. The van der Waals surface area contributed by atoms with Gasteiger partial charge < -0.3 is 9.55 Å². The lowest BCUT2D eigenvalue weighted by molar-refractivity contribution is 0.102. The van der Waals surface area contributed by atoms with Gasteiger partial charge in [-0.1, -0.05) is 18.2 Å². The number of nitrogens with one attached hydrogen (secondary N) is 2. The number of aromatic amines is 1. The van der Waals surface area contributed by atoms with Gasteiger partial charge in [-0.2, -0.15) is 0 Å². The summed E-state index contributed by atoms with van der Waals surface area (Å²) >= 11 is 0.